The number of aryl methyl sites for hydroxylation is 2. The van der Waals surface area contributed by atoms with Crippen molar-refractivity contribution in [3.63, 3.8) is 0 Å². The second-order valence-corrected chi connectivity index (χ2v) is 10.5. The predicted octanol–water partition coefficient (Wildman–Crippen LogP) is 10.5. The summed E-state index contributed by atoms with van der Waals surface area (Å²) in [7, 11) is 0. The SMILES string of the molecule is CCCCCCCCCCCCc1cc(CCCCCCCCCCCC)c2[nH]ncc2c1. The number of benzene rings is 1. The lowest BCUT2D eigenvalue weighted by molar-refractivity contribution is 0.555. The minimum Gasteiger partial charge on any atom is -0.278 e. The Hall–Kier alpha value is -1.31. The number of nitrogens with one attached hydrogen (secondary N) is 1. The van der Waals surface area contributed by atoms with Gasteiger partial charge in [-0.3, -0.25) is 5.10 Å². The molecule has 0 saturated carbocycles. The van der Waals surface area contributed by atoms with Crippen LogP contribution in [0, 0.1) is 0 Å². The molecule has 2 heteroatoms. The molecule has 1 aromatic heterocycles. The van der Waals surface area contributed by atoms with Gasteiger partial charge in [-0.25, -0.2) is 0 Å². The summed E-state index contributed by atoms with van der Waals surface area (Å²) in [5, 5.41) is 8.90. The molecule has 2 aromatic rings. The fourth-order valence-electron chi connectivity index (χ4n) is 5.16. The number of H-pyrrole nitrogens is 1. The van der Waals surface area contributed by atoms with Gasteiger partial charge in [0.1, 0.15) is 0 Å². The fraction of sp³-hybridized carbons (Fsp3) is 0.774. The molecule has 33 heavy (non-hydrogen) atoms. The van der Waals surface area contributed by atoms with Crippen LogP contribution in [-0.4, -0.2) is 10.2 Å². The van der Waals surface area contributed by atoms with E-state index in [1.807, 2.05) is 6.20 Å². The topological polar surface area (TPSA) is 28.7 Å². The molecule has 1 N–H and O–H groups in total. The molecular weight excluding hydrogens is 400 g/mol. The van der Waals surface area contributed by atoms with Crippen LogP contribution in [-0.2, 0) is 12.8 Å². The first-order valence-electron chi connectivity index (χ1n) is 14.8. The molecule has 0 aliphatic rings. The highest BCUT2D eigenvalue weighted by atomic mass is 15.1. The van der Waals surface area contributed by atoms with Gasteiger partial charge in [0.05, 0.1) is 11.7 Å². The van der Waals surface area contributed by atoms with Crippen LogP contribution < -0.4 is 0 Å². The van der Waals surface area contributed by atoms with Crippen molar-refractivity contribution in [2.75, 3.05) is 0 Å². The van der Waals surface area contributed by atoms with Crippen molar-refractivity contribution < 1.29 is 0 Å². The normalized spacial score (nSPS) is 11.6. The second-order valence-electron chi connectivity index (χ2n) is 10.5. The first-order chi connectivity index (χ1) is 16.3. The van der Waals surface area contributed by atoms with Gasteiger partial charge in [0.2, 0.25) is 0 Å². The molecule has 0 amide bonds. The fourth-order valence-corrected chi connectivity index (χ4v) is 5.16. The zero-order valence-corrected chi connectivity index (χ0v) is 22.2. The Morgan fingerprint density at radius 3 is 1.52 bits per heavy atom. The average molecular weight is 455 g/mol. The Labute approximate surface area is 205 Å². The van der Waals surface area contributed by atoms with E-state index in [1.54, 1.807) is 0 Å². The lowest BCUT2D eigenvalue weighted by Crippen LogP contribution is -1.93. The lowest BCUT2D eigenvalue weighted by atomic mass is 9.97. The molecule has 2 nitrogen and oxygen atoms in total. The van der Waals surface area contributed by atoms with E-state index in [4.69, 9.17) is 0 Å². The van der Waals surface area contributed by atoms with Crippen LogP contribution in [0.5, 0.6) is 0 Å². The van der Waals surface area contributed by atoms with Gasteiger partial charge >= 0.3 is 0 Å². The zero-order valence-electron chi connectivity index (χ0n) is 22.2. The van der Waals surface area contributed by atoms with Crippen LogP contribution in [0.2, 0.25) is 0 Å². The third-order valence-corrected chi connectivity index (χ3v) is 7.31. The summed E-state index contributed by atoms with van der Waals surface area (Å²) in [6.45, 7) is 4.59. The predicted molar refractivity (Wildman–Crippen MR) is 147 cm³/mol. The summed E-state index contributed by atoms with van der Waals surface area (Å²) in [4.78, 5) is 0. The van der Waals surface area contributed by atoms with Crippen molar-refractivity contribution in [1.82, 2.24) is 10.2 Å². The molecular formula is C31H54N2. The molecule has 0 unspecified atom stereocenters. The smallest absolute Gasteiger partial charge is 0.0682 e. The standard InChI is InChI=1S/C31H54N2/c1-3-5-7-9-11-13-15-17-19-21-23-28-25-29(31-30(26-28)27-32-33-31)24-22-20-18-16-14-12-10-8-6-4-2/h25-27H,3-24H2,1-2H3,(H,32,33). The monoisotopic (exact) mass is 454 g/mol. The number of fused-ring (bicyclic) bond motifs is 1. The van der Waals surface area contributed by atoms with E-state index in [9.17, 15) is 0 Å². The number of aromatic nitrogens is 2. The molecule has 0 saturated heterocycles. The van der Waals surface area contributed by atoms with Crippen molar-refractivity contribution in [1.29, 1.82) is 0 Å². The maximum absolute atomic E-state index is 4.33. The highest BCUT2D eigenvalue weighted by Gasteiger charge is 2.07. The quantitative estimate of drug-likeness (QED) is 0.176. The van der Waals surface area contributed by atoms with Gasteiger partial charge in [-0.15, -0.1) is 0 Å². The van der Waals surface area contributed by atoms with Crippen molar-refractivity contribution >= 4 is 10.9 Å². The Morgan fingerprint density at radius 2 is 1.00 bits per heavy atom. The number of hydrogen-bond acceptors (Lipinski definition) is 1. The molecule has 0 bridgehead atoms. The molecule has 0 fully saturated rings. The number of rotatable bonds is 22. The third kappa shape index (κ3) is 12.6. The van der Waals surface area contributed by atoms with Gasteiger partial charge in [-0.2, -0.15) is 5.10 Å². The Balaban J connectivity index is 1.60. The van der Waals surface area contributed by atoms with E-state index >= 15 is 0 Å². The zero-order chi connectivity index (χ0) is 23.4. The van der Waals surface area contributed by atoms with E-state index in [0.717, 1.165) is 0 Å². The van der Waals surface area contributed by atoms with Gasteiger partial charge < -0.3 is 0 Å². The van der Waals surface area contributed by atoms with Crippen LogP contribution in [0.25, 0.3) is 10.9 Å². The van der Waals surface area contributed by atoms with E-state index in [-0.39, 0.29) is 0 Å². The van der Waals surface area contributed by atoms with Gasteiger partial charge in [-0.05, 0) is 42.9 Å². The van der Waals surface area contributed by atoms with Crippen LogP contribution in [0.1, 0.15) is 153 Å². The van der Waals surface area contributed by atoms with E-state index < -0.39 is 0 Å². The summed E-state index contributed by atoms with van der Waals surface area (Å²) >= 11 is 0. The summed E-state index contributed by atoms with van der Waals surface area (Å²) in [6.07, 6.45) is 32.5. The van der Waals surface area contributed by atoms with Crippen LogP contribution in [0.4, 0.5) is 0 Å². The molecule has 1 aromatic carbocycles. The van der Waals surface area contributed by atoms with Gasteiger partial charge in [0.25, 0.3) is 0 Å². The van der Waals surface area contributed by atoms with Crippen LogP contribution in [0.3, 0.4) is 0 Å². The first-order valence-corrected chi connectivity index (χ1v) is 14.8. The second kappa shape index (κ2) is 19.0. The van der Waals surface area contributed by atoms with Crippen LogP contribution in [0.15, 0.2) is 18.3 Å². The summed E-state index contributed by atoms with van der Waals surface area (Å²) in [5.41, 5.74) is 4.29. The molecule has 0 atom stereocenters. The number of unbranched alkanes of at least 4 members (excludes halogenated alkanes) is 18. The van der Waals surface area contributed by atoms with E-state index in [0.29, 0.717) is 0 Å². The Kier molecular flexibility index (Phi) is 16.1. The Morgan fingerprint density at radius 1 is 0.545 bits per heavy atom. The average Bonchev–Trinajstić information content (AvgIpc) is 3.30. The van der Waals surface area contributed by atoms with Gasteiger partial charge in [-0.1, -0.05) is 135 Å². The summed E-state index contributed by atoms with van der Waals surface area (Å²) in [5.74, 6) is 0. The maximum atomic E-state index is 4.33. The van der Waals surface area contributed by atoms with Gasteiger partial charge in [0.15, 0.2) is 0 Å². The van der Waals surface area contributed by atoms with E-state index in [1.165, 1.54) is 163 Å². The lowest BCUT2D eigenvalue weighted by Gasteiger charge is -2.08. The molecule has 1 heterocycles. The first kappa shape index (κ1) is 27.9. The highest BCUT2D eigenvalue weighted by molar-refractivity contribution is 5.82. The molecule has 0 radical (unpaired) electrons. The molecule has 0 spiro atoms. The van der Waals surface area contributed by atoms with Crippen LogP contribution >= 0.6 is 0 Å². The molecule has 188 valence electrons. The third-order valence-electron chi connectivity index (χ3n) is 7.31. The number of hydrogen-bond donors (Lipinski definition) is 1. The highest BCUT2D eigenvalue weighted by Crippen LogP contribution is 2.23. The molecule has 2 rings (SSSR count). The summed E-state index contributed by atoms with van der Waals surface area (Å²) < 4.78 is 0. The molecule has 0 aliphatic carbocycles. The van der Waals surface area contributed by atoms with Crippen molar-refractivity contribution in [2.45, 2.75) is 155 Å². The maximum Gasteiger partial charge on any atom is 0.0682 e. The minimum absolute atomic E-state index is 1.20. The number of nitrogens with zero attached hydrogens (tertiary/aromatic N) is 1. The van der Waals surface area contributed by atoms with Crippen molar-refractivity contribution in [2.24, 2.45) is 0 Å². The minimum atomic E-state index is 1.20. The van der Waals surface area contributed by atoms with Gasteiger partial charge in [0, 0.05) is 5.39 Å². The van der Waals surface area contributed by atoms with E-state index in [2.05, 4.69) is 36.2 Å². The number of aromatic amines is 1. The van der Waals surface area contributed by atoms with Crippen molar-refractivity contribution in [3.8, 4) is 0 Å². The largest absolute Gasteiger partial charge is 0.278 e. The molecule has 0 aliphatic heterocycles. The Bertz CT molecular complexity index is 702. The summed E-state index contributed by atoms with van der Waals surface area (Å²) in [6, 6.07) is 4.84. The van der Waals surface area contributed by atoms with Crippen molar-refractivity contribution in [3.05, 3.63) is 29.5 Å².